The topological polar surface area (TPSA) is 45.7 Å². The van der Waals surface area contributed by atoms with Crippen molar-refractivity contribution in [3.63, 3.8) is 0 Å². The van der Waals surface area contributed by atoms with Gasteiger partial charge in [0.2, 0.25) is 0 Å². The number of hydrogen-bond acceptors (Lipinski definition) is 2. The molecule has 0 saturated carbocycles. The van der Waals surface area contributed by atoms with Gasteiger partial charge < -0.3 is 15.4 Å². The van der Waals surface area contributed by atoms with Crippen LogP contribution < -0.4 is 15.4 Å². The molecule has 2 N–H and O–H groups in total. The SMILES string of the molecule is CN=C(NCCc1ccc(OC(C)C)cc1)NCc1ccccc1. The molecule has 0 aliphatic rings. The number of aliphatic imine (C=N–C) groups is 1. The summed E-state index contributed by atoms with van der Waals surface area (Å²) in [6.45, 7) is 5.67. The van der Waals surface area contributed by atoms with Crippen molar-refractivity contribution in [3.8, 4) is 5.75 Å². The van der Waals surface area contributed by atoms with Gasteiger partial charge in [0.1, 0.15) is 5.75 Å². The van der Waals surface area contributed by atoms with Crippen LogP contribution in [0.3, 0.4) is 0 Å². The van der Waals surface area contributed by atoms with Crippen molar-refractivity contribution < 1.29 is 4.74 Å². The van der Waals surface area contributed by atoms with Crippen LogP contribution in [0.25, 0.3) is 0 Å². The minimum atomic E-state index is 0.205. The molecule has 2 aromatic carbocycles. The van der Waals surface area contributed by atoms with Crippen LogP contribution in [0, 0.1) is 0 Å². The summed E-state index contributed by atoms with van der Waals surface area (Å²) in [5.74, 6) is 1.74. The molecule has 0 spiro atoms. The molecular formula is C20H27N3O. The second-order valence-electron chi connectivity index (χ2n) is 5.90. The van der Waals surface area contributed by atoms with E-state index in [2.05, 4.69) is 39.9 Å². The van der Waals surface area contributed by atoms with Crippen molar-refractivity contribution in [2.45, 2.75) is 32.9 Å². The lowest BCUT2D eigenvalue weighted by atomic mass is 10.1. The first-order valence-electron chi connectivity index (χ1n) is 8.41. The van der Waals surface area contributed by atoms with Crippen molar-refractivity contribution in [1.29, 1.82) is 0 Å². The zero-order chi connectivity index (χ0) is 17.2. The molecule has 0 aliphatic heterocycles. The van der Waals surface area contributed by atoms with Crippen molar-refractivity contribution in [3.05, 3.63) is 65.7 Å². The van der Waals surface area contributed by atoms with Gasteiger partial charge in [-0.1, -0.05) is 42.5 Å². The van der Waals surface area contributed by atoms with E-state index in [9.17, 15) is 0 Å². The molecule has 0 fully saturated rings. The second-order valence-corrected chi connectivity index (χ2v) is 5.90. The van der Waals surface area contributed by atoms with Crippen molar-refractivity contribution >= 4 is 5.96 Å². The molecule has 128 valence electrons. The Morgan fingerprint density at radius 1 is 0.958 bits per heavy atom. The first kappa shape index (κ1) is 17.9. The van der Waals surface area contributed by atoms with Crippen molar-refractivity contribution in [2.24, 2.45) is 4.99 Å². The molecule has 0 aromatic heterocycles. The fourth-order valence-corrected chi connectivity index (χ4v) is 2.33. The normalized spacial score (nSPS) is 11.4. The molecule has 0 atom stereocenters. The summed E-state index contributed by atoms with van der Waals surface area (Å²) < 4.78 is 5.66. The maximum atomic E-state index is 5.66. The number of ether oxygens (including phenoxy) is 1. The van der Waals surface area contributed by atoms with Gasteiger partial charge in [-0.05, 0) is 43.5 Å². The first-order valence-corrected chi connectivity index (χ1v) is 8.41. The number of guanidine groups is 1. The van der Waals surface area contributed by atoms with Crippen LogP contribution in [0.5, 0.6) is 5.75 Å². The van der Waals surface area contributed by atoms with Crippen molar-refractivity contribution in [1.82, 2.24) is 10.6 Å². The monoisotopic (exact) mass is 325 g/mol. The zero-order valence-corrected chi connectivity index (χ0v) is 14.8. The average molecular weight is 325 g/mol. The third kappa shape index (κ3) is 6.32. The molecule has 24 heavy (non-hydrogen) atoms. The summed E-state index contributed by atoms with van der Waals surface area (Å²) in [7, 11) is 1.79. The lowest BCUT2D eigenvalue weighted by Crippen LogP contribution is -2.37. The van der Waals surface area contributed by atoms with Gasteiger partial charge in [-0.25, -0.2) is 0 Å². The van der Waals surface area contributed by atoms with Crippen molar-refractivity contribution in [2.75, 3.05) is 13.6 Å². The molecule has 4 nitrogen and oxygen atoms in total. The molecule has 2 aromatic rings. The molecular weight excluding hydrogens is 298 g/mol. The smallest absolute Gasteiger partial charge is 0.191 e. The summed E-state index contributed by atoms with van der Waals surface area (Å²) >= 11 is 0. The fraction of sp³-hybridized carbons (Fsp3) is 0.350. The first-order chi connectivity index (χ1) is 11.7. The molecule has 0 amide bonds. The van der Waals surface area contributed by atoms with E-state index in [0.717, 1.165) is 31.2 Å². The van der Waals surface area contributed by atoms with Crippen LogP contribution in [0.15, 0.2) is 59.6 Å². The molecule has 0 bridgehead atoms. The van der Waals surface area contributed by atoms with Gasteiger partial charge in [0.25, 0.3) is 0 Å². The highest BCUT2D eigenvalue weighted by Crippen LogP contribution is 2.13. The van der Waals surface area contributed by atoms with Crippen LogP contribution in [-0.4, -0.2) is 25.7 Å². The Labute approximate surface area is 145 Å². The number of nitrogens with one attached hydrogen (secondary N) is 2. The molecule has 4 heteroatoms. The minimum absolute atomic E-state index is 0.205. The average Bonchev–Trinajstić information content (AvgIpc) is 2.60. The van der Waals surface area contributed by atoms with Gasteiger partial charge in [0, 0.05) is 20.1 Å². The molecule has 0 saturated heterocycles. The van der Waals surface area contributed by atoms with E-state index in [1.807, 2.05) is 44.2 Å². The maximum Gasteiger partial charge on any atom is 0.191 e. The largest absolute Gasteiger partial charge is 0.491 e. The van der Waals surface area contributed by atoms with Gasteiger partial charge in [0.15, 0.2) is 5.96 Å². The van der Waals surface area contributed by atoms with E-state index in [4.69, 9.17) is 4.74 Å². The zero-order valence-electron chi connectivity index (χ0n) is 14.8. The Morgan fingerprint density at radius 2 is 1.67 bits per heavy atom. The highest BCUT2D eigenvalue weighted by molar-refractivity contribution is 5.79. The Morgan fingerprint density at radius 3 is 2.29 bits per heavy atom. The van der Waals surface area contributed by atoms with E-state index in [1.165, 1.54) is 11.1 Å². The van der Waals surface area contributed by atoms with Crippen LogP contribution >= 0.6 is 0 Å². The van der Waals surface area contributed by atoms with E-state index in [-0.39, 0.29) is 6.10 Å². The predicted octanol–water partition coefficient (Wildman–Crippen LogP) is 3.38. The van der Waals surface area contributed by atoms with Gasteiger partial charge in [-0.2, -0.15) is 0 Å². The molecule has 0 heterocycles. The second kappa shape index (κ2) is 9.60. The minimum Gasteiger partial charge on any atom is -0.491 e. The molecule has 2 rings (SSSR count). The van der Waals surface area contributed by atoms with Crippen LogP contribution in [0.1, 0.15) is 25.0 Å². The third-order valence-electron chi connectivity index (χ3n) is 3.53. The summed E-state index contributed by atoms with van der Waals surface area (Å²) in [4.78, 5) is 4.26. The number of nitrogens with zero attached hydrogens (tertiary/aromatic N) is 1. The molecule has 0 aliphatic carbocycles. The van der Waals surface area contributed by atoms with Crippen LogP contribution in [-0.2, 0) is 13.0 Å². The van der Waals surface area contributed by atoms with Crippen LogP contribution in [0.2, 0.25) is 0 Å². The third-order valence-corrected chi connectivity index (χ3v) is 3.53. The quantitative estimate of drug-likeness (QED) is 0.606. The van der Waals surface area contributed by atoms with Crippen LogP contribution in [0.4, 0.5) is 0 Å². The molecule has 0 radical (unpaired) electrons. The highest BCUT2D eigenvalue weighted by atomic mass is 16.5. The Hall–Kier alpha value is -2.49. The Kier molecular flexibility index (Phi) is 7.15. The summed E-state index contributed by atoms with van der Waals surface area (Å²) in [5.41, 5.74) is 2.51. The predicted molar refractivity (Wildman–Crippen MR) is 101 cm³/mol. The number of benzene rings is 2. The fourth-order valence-electron chi connectivity index (χ4n) is 2.33. The number of rotatable bonds is 7. The van der Waals surface area contributed by atoms with E-state index in [0.29, 0.717) is 0 Å². The summed E-state index contributed by atoms with van der Waals surface area (Å²) in [6.07, 6.45) is 1.14. The standard InChI is InChI=1S/C20H27N3O/c1-16(2)24-19-11-9-17(10-12-19)13-14-22-20(21-3)23-15-18-7-5-4-6-8-18/h4-12,16H,13-15H2,1-3H3,(H2,21,22,23). The summed E-state index contributed by atoms with van der Waals surface area (Å²) in [6, 6.07) is 18.6. The van der Waals surface area contributed by atoms with Gasteiger partial charge in [-0.15, -0.1) is 0 Å². The molecule has 0 unspecified atom stereocenters. The maximum absolute atomic E-state index is 5.66. The van der Waals surface area contributed by atoms with E-state index in [1.54, 1.807) is 7.05 Å². The Bertz CT molecular complexity index is 621. The van der Waals surface area contributed by atoms with Gasteiger partial charge >= 0.3 is 0 Å². The summed E-state index contributed by atoms with van der Waals surface area (Å²) in [5, 5.41) is 6.66. The van der Waals surface area contributed by atoms with E-state index < -0.39 is 0 Å². The lowest BCUT2D eigenvalue weighted by Gasteiger charge is -2.13. The van der Waals surface area contributed by atoms with E-state index >= 15 is 0 Å². The lowest BCUT2D eigenvalue weighted by molar-refractivity contribution is 0.242. The van der Waals surface area contributed by atoms with Gasteiger partial charge in [-0.3, -0.25) is 4.99 Å². The van der Waals surface area contributed by atoms with Gasteiger partial charge in [0.05, 0.1) is 6.10 Å². The number of hydrogen-bond donors (Lipinski definition) is 2. The Balaban J connectivity index is 1.73. The highest BCUT2D eigenvalue weighted by Gasteiger charge is 2.00.